The van der Waals surface area contributed by atoms with Gasteiger partial charge < -0.3 is 4.57 Å². The van der Waals surface area contributed by atoms with Gasteiger partial charge >= 0.3 is 0 Å². The van der Waals surface area contributed by atoms with Crippen LogP contribution in [0.4, 0.5) is 0 Å². The summed E-state index contributed by atoms with van der Waals surface area (Å²) in [6.45, 7) is 3.08. The van der Waals surface area contributed by atoms with Crippen LogP contribution in [0.5, 0.6) is 0 Å². The third-order valence-corrected chi connectivity index (χ3v) is 5.90. The topological polar surface area (TPSA) is 46.8 Å². The van der Waals surface area contributed by atoms with E-state index < -0.39 is 0 Å². The summed E-state index contributed by atoms with van der Waals surface area (Å²) in [6.07, 6.45) is 6.01. The number of aryl methyl sites for hydroxylation is 1. The first-order valence-electron chi connectivity index (χ1n) is 10.3. The molecular weight excluding hydrogens is 358 g/mol. The molecule has 0 amide bonds. The number of pyridine rings is 2. The van der Waals surface area contributed by atoms with E-state index in [4.69, 9.17) is 4.98 Å². The Morgan fingerprint density at radius 2 is 1.76 bits per heavy atom. The van der Waals surface area contributed by atoms with Crippen LogP contribution < -0.4 is 0 Å². The molecule has 0 aliphatic carbocycles. The summed E-state index contributed by atoms with van der Waals surface area (Å²) in [5.41, 5.74) is 6.60. The van der Waals surface area contributed by atoms with Crippen LogP contribution in [0, 0.1) is 0 Å². The number of likely N-dealkylation sites (tertiary alicyclic amines) is 1. The second-order valence-corrected chi connectivity index (χ2v) is 7.86. The van der Waals surface area contributed by atoms with E-state index in [-0.39, 0.29) is 0 Å². The molecule has 5 nitrogen and oxygen atoms in total. The molecule has 0 spiro atoms. The average molecular weight is 383 g/mol. The lowest BCUT2D eigenvalue weighted by molar-refractivity contribution is 0.201. The summed E-state index contributed by atoms with van der Waals surface area (Å²) in [6, 6.07) is 18.8. The van der Waals surface area contributed by atoms with E-state index in [2.05, 4.69) is 68.9 Å². The summed E-state index contributed by atoms with van der Waals surface area (Å²) >= 11 is 0. The number of hydrogen-bond acceptors (Lipinski definition) is 4. The zero-order valence-electron chi connectivity index (χ0n) is 16.7. The first-order valence-corrected chi connectivity index (χ1v) is 10.3. The van der Waals surface area contributed by atoms with Gasteiger partial charge in [-0.2, -0.15) is 0 Å². The van der Waals surface area contributed by atoms with Gasteiger partial charge in [0.15, 0.2) is 0 Å². The molecule has 0 unspecified atom stereocenters. The fraction of sp³-hybridized carbons (Fsp3) is 0.292. The lowest BCUT2D eigenvalue weighted by atomic mass is 9.92. The molecule has 0 atom stereocenters. The van der Waals surface area contributed by atoms with E-state index in [9.17, 15) is 0 Å². The van der Waals surface area contributed by atoms with Crippen molar-refractivity contribution in [2.75, 3.05) is 13.1 Å². The molecule has 4 aromatic rings. The zero-order valence-corrected chi connectivity index (χ0v) is 16.7. The van der Waals surface area contributed by atoms with Crippen LogP contribution in [-0.4, -0.2) is 37.5 Å². The largest absolute Gasteiger partial charge is 0.334 e. The van der Waals surface area contributed by atoms with Gasteiger partial charge in [0, 0.05) is 37.0 Å². The van der Waals surface area contributed by atoms with E-state index in [0.29, 0.717) is 5.92 Å². The standard InChI is InChI=1S/C24H25N5/c1-28-17-26-24-22(28)15-21(27-23(24)19-7-3-2-4-8-19)18-10-13-29(14-11-18)16-20-9-5-6-12-25-20/h2-9,12,15,17-18H,10-11,13-14,16H2,1H3. The van der Waals surface area contributed by atoms with Crippen molar-refractivity contribution in [3.05, 3.63) is 78.5 Å². The van der Waals surface area contributed by atoms with Crippen LogP contribution in [-0.2, 0) is 13.6 Å². The maximum absolute atomic E-state index is 5.11. The fourth-order valence-electron chi connectivity index (χ4n) is 4.26. The third kappa shape index (κ3) is 3.66. The number of aromatic nitrogens is 4. The average Bonchev–Trinajstić information content (AvgIpc) is 3.16. The number of imidazole rings is 1. The van der Waals surface area contributed by atoms with Gasteiger partial charge in [-0.25, -0.2) is 4.98 Å². The van der Waals surface area contributed by atoms with Gasteiger partial charge in [-0.15, -0.1) is 0 Å². The Hall–Kier alpha value is -3.05. The van der Waals surface area contributed by atoms with Crippen LogP contribution >= 0.6 is 0 Å². The zero-order chi connectivity index (χ0) is 19.6. The first kappa shape index (κ1) is 18.0. The molecule has 146 valence electrons. The van der Waals surface area contributed by atoms with Gasteiger partial charge in [-0.1, -0.05) is 36.4 Å². The predicted molar refractivity (Wildman–Crippen MR) is 115 cm³/mol. The maximum Gasteiger partial charge on any atom is 0.115 e. The quantitative estimate of drug-likeness (QED) is 0.524. The van der Waals surface area contributed by atoms with Gasteiger partial charge in [0.2, 0.25) is 0 Å². The number of benzene rings is 1. The lowest BCUT2D eigenvalue weighted by Gasteiger charge is -2.31. The summed E-state index contributed by atoms with van der Waals surface area (Å²) < 4.78 is 2.10. The minimum Gasteiger partial charge on any atom is -0.334 e. The summed E-state index contributed by atoms with van der Waals surface area (Å²) in [4.78, 5) is 16.7. The van der Waals surface area contributed by atoms with Crippen molar-refractivity contribution >= 4 is 11.0 Å². The molecular formula is C24H25N5. The highest BCUT2D eigenvalue weighted by molar-refractivity contribution is 5.90. The summed E-state index contributed by atoms with van der Waals surface area (Å²) in [7, 11) is 2.06. The molecule has 1 fully saturated rings. The van der Waals surface area contributed by atoms with E-state index in [1.54, 1.807) is 0 Å². The molecule has 1 aliphatic heterocycles. The van der Waals surface area contributed by atoms with Gasteiger partial charge in [-0.05, 0) is 44.1 Å². The molecule has 3 aromatic heterocycles. The molecule has 5 heteroatoms. The van der Waals surface area contributed by atoms with Crippen molar-refractivity contribution in [3.8, 4) is 11.3 Å². The van der Waals surface area contributed by atoms with Gasteiger partial charge in [0.25, 0.3) is 0 Å². The van der Waals surface area contributed by atoms with Crippen molar-refractivity contribution < 1.29 is 0 Å². The van der Waals surface area contributed by atoms with Crippen LogP contribution in [0.25, 0.3) is 22.3 Å². The number of fused-ring (bicyclic) bond motifs is 1. The number of piperidine rings is 1. The molecule has 0 radical (unpaired) electrons. The van der Waals surface area contributed by atoms with Gasteiger partial charge in [-0.3, -0.25) is 14.9 Å². The number of nitrogens with zero attached hydrogens (tertiary/aromatic N) is 5. The molecule has 29 heavy (non-hydrogen) atoms. The summed E-state index contributed by atoms with van der Waals surface area (Å²) in [5, 5.41) is 0. The second-order valence-electron chi connectivity index (χ2n) is 7.86. The van der Waals surface area contributed by atoms with Crippen LogP contribution in [0.2, 0.25) is 0 Å². The highest BCUT2D eigenvalue weighted by Crippen LogP contribution is 2.33. The molecule has 0 bridgehead atoms. The lowest BCUT2D eigenvalue weighted by Crippen LogP contribution is -2.33. The van der Waals surface area contributed by atoms with E-state index in [1.807, 2.05) is 24.7 Å². The van der Waals surface area contributed by atoms with Crippen molar-refractivity contribution in [1.82, 2.24) is 24.4 Å². The highest BCUT2D eigenvalue weighted by Gasteiger charge is 2.24. The SMILES string of the molecule is Cn1cnc2c(-c3ccccc3)nc(C3CCN(Cc4ccccn4)CC3)cc21. The van der Waals surface area contributed by atoms with Gasteiger partial charge in [0.05, 0.1) is 23.2 Å². The second kappa shape index (κ2) is 7.76. The minimum absolute atomic E-state index is 0.483. The molecule has 0 saturated carbocycles. The van der Waals surface area contributed by atoms with E-state index >= 15 is 0 Å². The highest BCUT2D eigenvalue weighted by atomic mass is 15.1. The number of hydrogen-bond donors (Lipinski definition) is 0. The number of rotatable bonds is 4. The minimum atomic E-state index is 0.483. The Morgan fingerprint density at radius 1 is 0.966 bits per heavy atom. The Balaban J connectivity index is 1.40. The molecule has 0 N–H and O–H groups in total. The third-order valence-electron chi connectivity index (χ3n) is 5.90. The van der Waals surface area contributed by atoms with Crippen molar-refractivity contribution in [2.24, 2.45) is 7.05 Å². The first-order chi connectivity index (χ1) is 14.3. The van der Waals surface area contributed by atoms with Crippen LogP contribution in [0.1, 0.15) is 30.1 Å². The normalized spacial score (nSPS) is 15.8. The van der Waals surface area contributed by atoms with E-state index in [1.165, 1.54) is 5.69 Å². The Kier molecular flexibility index (Phi) is 4.82. The Morgan fingerprint density at radius 3 is 2.52 bits per heavy atom. The van der Waals surface area contributed by atoms with Crippen LogP contribution in [0.3, 0.4) is 0 Å². The molecule has 1 saturated heterocycles. The van der Waals surface area contributed by atoms with Crippen LogP contribution in [0.15, 0.2) is 67.1 Å². The van der Waals surface area contributed by atoms with Gasteiger partial charge in [0.1, 0.15) is 5.52 Å². The molecule has 5 rings (SSSR count). The molecule has 1 aliphatic rings. The van der Waals surface area contributed by atoms with Crippen molar-refractivity contribution in [2.45, 2.75) is 25.3 Å². The molecule has 4 heterocycles. The van der Waals surface area contributed by atoms with E-state index in [0.717, 1.165) is 60.5 Å². The van der Waals surface area contributed by atoms with Crippen molar-refractivity contribution in [3.63, 3.8) is 0 Å². The predicted octanol–water partition coefficient (Wildman–Crippen LogP) is 4.41. The fourth-order valence-corrected chi connectivity index (χ4v) is 4.26. The van der Waals surface area contributed by atoms with Crippen molar-refractivity contribution in [1.29, 1.82) is 0 Å². The Bertz CT molecular complexity index is 1100. The summed E-state index contributed by atoms with van der Waals surface area (Å²) in [5.74, 6) is 0.483. The Labute approximate surface area is 171 Å². The monoisotopic (exact) mass is 383 g/mol. The smallest absolute Gasteiger partial charge is 0.115 e. The maximum atomic E-state index is 5.11. The molecule has 1 aromatic carbocycles.